The summed E-state index contributed by atoms with van der Waals surface area (Å²) < 4.78 is 26.1. The molecule has 5 nitrogen and oxygen atoms in total. The number of carbonyl (C=O) groups is 1. The minimum atomic E-state index is -3.37. The zero-order chi connectivity index (χ0) is 14.7. The third kappa shape index (κ3) is 5.85. The molecule has 0 saturated heterocycles. The molecule has 1 aromatic carbocycles. The van der Waals surface area contributed by atoms with E-state index in [4.69, 9.17) is 5.11 Å². The van der Waals surface area contributed by atoms with Gasteiger partial charge < -0.3 is 5.11 Å². The molecule has 106 valence electrons. The average molecular weight is 285 g/mol. The van der Waals surface area contributed by atoms with E-state index in [1.807, 2.05) is 20.8 Å². The van der Waals surface area contributed by atoms with Crippen molar-refractivity contribution in [1.29, 1.82) is 0 Å². The Morgan fingerprint density at radius 2 is 1.95 bits per heavy atom. The van der Waals surface area contributed by atoms with Gasteiger partial charge in [0, 0.05) is 6.54 Å². The monoisotopic (exact) mass is 285 g/mol. The minimum absolute atomic E-state index is 0.0264. The van der Waals surface area contributed by atoms with E-state index < -0.39 is 16.0 Å². The molecule has 6 heteroatoms. The van der Waals surface area contributed by atoms with Crippen LogP contribution >= 0.6 is 0 Å². The van der Waals surface area contributed by atoms with E-state index >= 15 is 0 Å². The van der Waals surface area contributed by atoms with Crippen LogP contribution in [0.1, 0.15) is 36.7 Å². The molecule has 2 N–H and O–H groups in total. The lowest BCUT2D eigenvalue weighted by molar-refractivity contribution is 0.0696. The second kappa shape index (κ2) is 5.71. The highest BCUT2D eigenvalue weighted by Crippen LogP contribution is 2.15. The maximum absolute atomic E-state index is 11.8. The number of benzene rings is 1. The predicted octanol–water partition coefficient (Wildman–Crippen LogP) is 1.85. The quantitative estimate of drug-likeness (QED) is 0.864. The molecule has 0 aromatic heterocycles. The first-order valence-electron chi connectivity index (χ1n) is 5.89. The van der Waals surface area contributed by atoms with Gasteiger partial charge in [-0.25, -0.2) is 17.9 Å². The highest BCUT2D eigenvalue weighted by atomic mass is 32.2. The summed E-state index contributed by atoms with van der Waals surface area (Å²) in [6.45, 7) is 5.63. The summed E-state index contributed by atoms with van der Waals surface area (Å²) in [4.78, 5) is 10.8. The smallest absolute Gasteiger partial charge is 0.335 e. The molecule has 0 spiro atoms. The zero-order valence-corrected chi connectivity index (χ0v) is 12.1. The Morgan fingerprint density at radius 3 is 2.47 bits per heavy atom. The first-order valence-corrected chi connectivity index (χ1v) is 7.54. The van der Waals surface area contributed by atoms with Gasteiger partial charge in [0.05, 0.1) is 11.3 Å². The maximum atomic E-state index is 11.8. The van der Waals surface area contributed by atoms with Crippen LogP contribution in [0.15, 0.2) is 24.3 Å². The Labute approximate surface area is 113 Å². The summed E-state index contributed by atoms with van der Waals surface area (Å²) >= 11 is 0. The first-order chi connectivity index (χ1) is 8.59. The van der Waals surface area contributed by atoms with Crippen LogP contribution in [0.3, 0.4) is 0 Å². The average Bonchev–Trinajstić information content (AvgIpc) is 2.24. The molecular weight excluding hydrogens is 266 g/mol. The van der Waals surface area contributed by atoms with Gasteiger partial charge in [-0.15, -0.1) is 0 Å². The standard InChI is InChI=1S/C13H19NO4S/c1-13(2,3)9-19(17,18)14-8-10-5-4-6-11(7-10)12(15)16/h4-7,14H,8-9H2,1-3H3,(H,15,16). The Hall–Kier alpha value is -1.40. The number of sulfonamides is 1. The Balaban J connectivity index is 2.72. The largest absolute Gasteiger partial charge is 0.478 e. The predicted molar refractivity (Wildman–Crippen MR) is 73.5 cm³/mol. The summed E-state index contributed by atoms with van der Waals surface area (Å²) in [7, 11) is -3.37. The van der Waals surface area contributed by atoms with Gasteiger partial charge in [-0.05, 0) is 23.1 Å². The number of carboxylic acids is 1. The molecule has 0 fully saturated rings. The fourth-order valence-corrected chi connectivity index (χ4v) is 3.26. The molecule has 0 amide bonds. The topological polar surface area (TPSA) is 83.5 Å². The minimum Gasteiger partial charge on any atom is -0.478 e. The third-order valence-corrected chi connectivity index (χ3v) is 4.12. The molecule has 0 aliphatic carbocycles. The lowest BCUT2D eigenvalue weighted by Crippen LogP contribution is -2.32. The normalized spacial score (nSPS) is 12.4. The Kier molecular flexibility index (Phi) is 4.70. The van der Waals surface area contributed by atoms with Crippen molar-refractivity contribution in [2.45, 2.75) is 27.3 Å². The number of aromatic carboxylic acids is 1. The van der Waals surface area contributed by atoms with Gasteiger partial charge >= 0.3 is 5.97 Å². The van der Waals surface area contributed by atoms with E-state index in [2.05, 4.69) is 4.72 Å². The van der Waals surface area contributed by atoms with Gasteiger partial charge in [0.15, 0.2) is 0 Å². The highest BCUT2D eigenvalue weighted by molar-refractivity contribution is 7.89. The number of hydrogen-bond donors (Lipinski definition) is 2. The third-order valence-electron chi connectivity index (χ3n) is 2.29. The van der Waals surface area contributed by atoms with E-state index in [1.165, 1.54) is 12.1 Å². The van der Waals surface area contributed by atoms with Crippen molar-refractivity contribution in [3.8, 4) is 0 Å². The molecule has 0 aliphatic rings. The van der Waals surface area contributed by atoms with Crippen LogP contribution in [0.2, 0.25) is 0 Å². The summed E-state index contributed by atoms with van der Waals surface area (Å²) in [5, 5.41) is 8.85. The second-order valence-electron chi connectivity index (χ2n) is 5.65. The molecule has 19 heavy (non-hydrogen) atoms. The molecule has 1 rings (SSSR count). The van der Waals surface area contributed by atoms with Crippen molar-refractivity contribution in [3.05, 3.63) is 35.4 Å². The molecule has 0 unspecified atom stereocenters. The zero-order valence-electron chi connectivity index (χ0n) is 11.3. The van der Waals surface area contributed by atoms with Crippen molar-refractivity contribution >= 4 is 16.0 Å². The van der Waals surface area contributed by atoms with Crippen molar-refractivity contribution in [2.24, 2.45) is 5.41 Å². The van der Waals surface area contributed by atoms with E-state index in [0.717, 1.165) is 0 Å². The van der Waals surface area contributed by atoms with E-state index in [1.54, 1.807) is 12.1 Å². The van der Waals surface area contributed by atoms with Crippen LogP contribution in [0.4, 0.5) is 0 Å². The van der Waals surface area contributed by atoms with Gasteiger partial charge in [0.1, 0.15) is 0 Å². The number of hydrogen-bond acceptors (Lipinski definition) is 3. The van der Waals surface area contributed by atoms with Gasteiger partial charge in [0.25, 0.3) is 0 Å². The van der Waals surface area contributed by atoms with Crippen LogP contribution in [0.25, 0.3) is 0 Å². The SMILES string of the molecule is CC(C)(C)CS(=O)(=O)NCc1cccc(C(=O)O)c1. The molecule has 0 bridgehead atoms. The van der Waals surface area contributed by atoms with E-state index in [0.29, 0.717) is 5.56 Å². The van der Waals surface area contributed by atoms with Gasteiger partial charge in [0.2, 0.25) is 10.0 Å². The fourth-order valence-electron chi connectivity index (χ4n) is 1.63. The molecular formula is C13H19NO4S. The fraction of sp³-hybridized carbons (Fsp3) is 0.462. The van der Waals surface area contributed by atoms with Gasteiger partial charge in [-0.1, -0.05) is 32.9 Å². The van der Waals surface area contributed by atoms with Crippen LogP contribution in [0, 0.1) is 5.41 Å². The van der Waals surface area contributed by atoms with Crippen molar-refractivity contribution in [3.63, 3.8) is 0 Å². The van der Waals surface area contributed by atoms with E-state index in [-0.39, 0.29) is 23.3 Å². The molecule has 1 aromatic rings. The molecule has 0 aliphatic heterocycles. The number of carboxylic acid groups (broad SMARTS) is 1. The van der Waals surface area contributed by atoms with E-state index in [9.17, 15) is 13.2 Å². The van der Waals surface area contributed by atoms with Crippen LogP contribution in [0.5, 0.6) is 0 Å². The second-order valence-corrected chi connectivity index (χ2v) is 7.45. The van der Waals surface area contributed by atoms with Crippen LogP contribution in [-0.4, -0.2) is 25.2 Å². The van der Waals surface area contributed by atoms with Gasteiger partial charge in [-0.3, -0.25) is 0 Å². The molecule has 0 heterocycles. The highest BCUT2D eigenvalue weighted by Gasteiger charge is 2.21. The van der Waals surface area contributed by atoms with Crippen molar-refractivity contribution in [1.82, 2.24) is 4.72 Å². The van der Waals surface area contributed by atoms with Crippen LogP contribution in [-0.2, 0) is 16.6 Å². The Morgan fingerprint density at radius 1 is 1.32 bits per heavy atom. The summed E-state index contributed by atoms with van der Waals surface area (Å²) in [6.07, 6.45) is 0. The van der Waals surface area contributed by atoms with Gasteiger partial charge in [-0.2, -0.15) is 0 Å². The summed E-state index contributed by atoms with van der Waals surface area (Å²) in [6, 6.07) is 6.21. The first kappa shape index (κ1) is 15.7. The molecule has 0 radical (unpaired) electrons. The molecule has 0 atom stereocenters. The maximum Gasteiger partial charge on any atom is 0.335 e. The number of rotatable bonds is 5. The van der Waals surface area contributed by atoms with Crippen molar-refractivity contribution < 1.29 is 18.3 Å². The lowest BCUT2D eigenvalue weighted by atomic mass is 10.0. The lowest BCUT2D eigenvalue weighted by Gasteiger charge is -2.18. The number of nitrogens with one attached hydrogen (secondary N) is 1. The Bertz CT molecular complexity index is 558. The van der Waals surface area contributed by atoms with Crippen LogP contribution < -0.4 is 4.72 Å². The summed E-state index contributed by atoms with van der Waals surface area (Å²) in [5.74, 6) is -1.00. The summed E-state index contributed by atoms with van der Waals surface area (Å²) in [5.41, 5.74) is 0.444. The molecule has 0 saturated carbocycles. The van der Waals surface area contributed by atoms with Crippen molar-refractivity contribution in [2.75, 3.05) is 5.75 Å².